The molecule has 1 heterocycles. The van der Waals surface area contributed by atoms with Gasteiger partial charge in [0.05, 0.1) is 7.11 Å². The minimum atomic E-state index is -0.737. The molecule has 0 aromatic heterocycles. The third kappa shape index (κ3) is 5.85. The van der Waals surface area contributed by atoms with Crippen molar-refractivity contribution in [3.63, 3.8) is 0 Å². The number of likely N-dealkylation sites (N-methyl/N-ethyl adjacent to an activating group) is 1. The lowest BCUT2D eigenvalue weighted by Gasteiger charge is -2.40. The van der Waals surface area contributed by atoms with Crippen LogP contribution in [-0.4, -0.2) is 54.9 Å². The van der Waals surface area contributed by atoms with Gasteiger partial charge in [-0.15, -0.1) is 0 Å². The SMILES string of the molecule is COc1cccc(CC(C2CCN(C(=O)C(F)=Cc3ccccc3)CC2)N(C)C(=O)C2CC2)c1. The topological polar surface area (TPSA) is 49.9 Å². The normalized spacial score (nSPS) is 17.9. The first kappa shape index (κ1) is 24.0. The van der Waals surface area contributed by atoms with E-state index in [4.69, 9.17) is 4.74 Å². The molecule has 6 heteroatoms. The molecule has 180 valence electrons. The summed E-state index contributed by atoms with van der Waals surface area (Å²) in [5.41, 5.74) is 1.79. The minimum Gasteiger partial charge on any atom is -0.497 e. The maximum atomic E-state index is 14.6. The van der Waals surface area contributed by atoms with Gasteiger partial charge in [-0.25, -0.2) is 4.39 Å². The van der Waals surface area contributed by atoms with E-state index in [2.05, 4.69) is 6.07 Å². The Morgan fingerprint density at radius 1 is 1.09 bits per heavy atom. The zero-order chi connectivity index (χ0) is 24.1. The van der Waals surface area contributed by atoms with Gasteiger partial charge in [0.2, 0.25) is 5.91 Å². The standard InChI is InChI=1S/C28H33FN2O3/c1-30(27(32)23-11-12-23)26(19-21-9-6-10-24(17-21)34-2)22-13-15-31(16-14-22)28(33)25(29)18-20-7-4-3-5-8-20/h3-10,17-18,22-23,26H,11-16,19H2,1-2H3. The Morgan fingerprint density at radius 2 is 1.79 bits per heavy atom. The molecule has 0 radical (unpaired) electrons. The molecule has 0 bridgehead atoms. The van der Waals surface area contributed by atoms with Crippen LogP contribution in [0.5, 0.6) is 5.75 Å². The maximum Gasteiger partial charge on any atom is 0.282 e. The molecule has 5 nitrogen and oxygen atoms in total. The number of ether oxygens (including phenoxy) is 1. The van der Waals surface area contributed by atoms with E-state index >= 15 is 0 Å². The zero-order valence-electron chi connectivity index (χ0n) is 20.0. The van der Waals surface area contributed by atoms with Gasteiger partial charge in [0.15, 0.2) is 5.83 Å². The minimum absolute atomic E-state index is 0.0298. The summed E-state index contributed by atoms with van der Waals surface area (Å²) in [5.74, 6) is 0.102. The van der Waals surface area contributed by atoms with Gasteiger partial charge in [-0.2, -0.15) is 0 Å². The number of methoxy groups -OCH3 is 1. The van der Waals surface area contributed by atoms with Crippen LogP contribution in [-0.2, 0) is 16.0 Å². The van der Waals surface area contributed by atoms with Crippen molar-refractivity contribution >= 4 is 17.9 Å². The molecule has 2 aromatic rings. The van der Waals surface area contributed by atoms with Crippen LogP contribution in [0.3, 0.4) is 0 Å². The number of carbonyl (C=O) groups is 2. The molecule has 1 unspecified atom stereocenters. The van der Waals surface area contributed by atoms with Gasteiger partial charge in [0.1, 0.15) is 5.75 Å². The molecule has 1 saturated heterocycles. The van der Waals surface area contributed by atoms with Crippen LogP contribution in [0.2, 0.25) is 0 Å². The van der Waals surface area contributed by atoms with Crippen LogP contribution in [0.15, 0.2) is 60.4 Å². The lowest BCUT2D eigenvalue weighted by molar-refractivity contribution is -0.136. The van der Waals surface area contributed by atoms with Gasteiger partial charge >= 0.3 is 0 Å². The molecule has 0 spiro atoms. The molecular weight excluding hydrogens is 431 g/mol. The van der Waals surface area contributed by atoms with Gasteiger partial charge in [-0.05, 0) is 67.4 Å². The second kappa shape index (κ2) is 10.9. The average molecular weight is 465 g/mol. The van der Waals surface area contributed by atoms with Crippen LogP contribution < -0.4 is 4.74 Å². The Bertz CT molecular complexity index is 1030. The Kier molecular flexibility index (Phi) is 7.66. The maximum absolute atomic E-state index is 14.6. The lowest BCUT2D eigenvalue weighted by atomic mass is 9.84. The Labute approximate surface area is 201 Å². The number of rotatable bonds is 8. The summed E-state index contributed by atoms with van der Waals surface area (Å²) in [7, 11) is 3.56. The Hall–Kier alpha value is -3.15. The van der Waals surface area contributed by atoms with Crippen molar-refractivity contribution in [1.82, 2.24) is 9.80 Å². The second-order valence-corrected chi connectivity index (χ2v) is 9.38. The van der Waals surface area contributed by atoms with Crippen LogP contribution in [0.1, 0.15) is 36.8 Å². The van der Waals surface area contributed by atoms with Crippen LogP contribution in [0.25, 0.3) is 6.08 Å². The van der Waals surface area contributed by atoms with E-state index in [0.29, 0.717) is 18.7 Å². The smallest absolute Gasteiger partial charge is 0.282 e. The quantitative estimate of drug-likeness (QED) is 0.531. The molecule has 2 fully saturated rings. The summed E-state index contributed by atoms with van der Waals surface area (Å²) < 4.78 is 20.0. The first-order valence-electron chi connectivity index (χ1n) is 12.1. The highest BCUT2D eigenvalue weighted by atomic mass is 19.1. The molecule has 34 heavy (non-hydrogen) atoms. The van der Waals surface area contributed by atoms with E-state index in [1.807, 2.05) is 48.3 Å². The van der Waals surface area contributed by atoms with Crippen LogP contribution >= 0.6 is 0 Å². The molecule has 1 saturated carbocycles. The van der Waals surface area contributed by atoms with Crippen molar-refractivity contribution in [2.24, 2.45) is 11.8 Å². The summed E-state index contributed by atoms with van der Waals surface area (Å²) in [6.07, 6.45) is 5.43. The number of benzene rings is 2. The summed E-state index contributed by atoms with van der Waals surface area (Å²) in [6, 6.07) is 17.0. The average Bonchev–Trinajstić information content (AvgIpc) is 3.72. The molecular formula is C28H33FN2O3. The molecule has 0 N–H and O–H groups in total. The molecule has 2 amide bonds. The van der Waals surface area contributed by atoms with Crippen molar-refractivity contribution in [3.8, 4) is 5.75 Å². The summed E-state index contributed by atoms with van der Waals surface area (Å²) in [4.78, 5) is 29.1. The van der Waals surface area contributed by atoms with E-state index < -0.39 is 11.7 Å². The molecule has 1 aliphatic heterocycles. The summed E-state index contributed by atoms with van der Waals surface area (Å²) in [5, 5.41) is 0. The fourth-order valence-corrected chi connectivity index (χ4v) is 4.84. The van der Waals surface area contributed by atoms with Crippen molar-refractivity contribution in [3.05, 3.63) is 71.6 Å². The van der Waals surface area contributed by atoms with Crippen molar-refractivity contribution in [2.75, 3.05) is 27.2 Å². The number of piperidine rings is 1. The highest BCUT2D eigenvalue weighted by Gasteiger charge is 2.38. The Balaban J connectivity index is 1.44. The molecule has 1 atom stereocenters. The number of likely N-dealkylation sites (tertiary alicyclic amines) is 1. The van der Waals surface area contributed by atoms with Crippen molar-refractivity contribution < 1.29 is 18.7 Å². The number of hydrogen-bond donors (Lipinski definition) is 0. The third-order valence-corrected chi connectivity index (χ3v) is 7.02. The highest BCUT2D eigenvalue weighted by Crippen LogP contribution is 2.34. The summed E-state index contributed by atoms with van der Waals surface area (Å²) >= 11 is 0. The first-order valence-corrected chi connectivity index (χ1v) is 12.1. The molecule has 2 aliphatic rings. The van der Waals surface area contributed by atoms with Crippen LogP contribution in [0.4, 0.5) is 4.39 Å². The number of nitrogens with zero attached hydrogens (tertiary/aromatic N) is 2. The highest BCUT2D eigenvalue weighted by molar-refractivity contribution is 5.95. The molecule has 2 aromatic carbocycles. The summed E-state index contributed by atoms with van der Waals surface area (Å²) in [6.45, 7) is 0.971. The third-order valence-electron chi connectivity index (χ3n) is 7.02. The monoisotopic (exact) mass is 464 g/mol. The van der Waals surface area contributed by atoms with E-state index in [0.717, 1.165) is 43.4 Å². The van der Waals surface area contributed by atoms with Gasteiger partial charge in [0, 0.05) is 32.1 Å². The fraction of sp³-hybridized carbons (Fsp3) is 0.429. The van der Waals surface area contributed by atoms with E-state index in [9.17, 15) is 14.0 Å². The van der Waals surface area contributed by atoms with Gasteiger partial charge in [-0.3, -0.25) is 9.59 Å². The van der Waals surface area contributed by atoms with E-state index in [1.165, 1.54) is 6.08 Å². The number of amides is 2. The predicted octanol–water partition coefficient (Wildman–Crippen LogP) is 4.72. The zero-order valence-corrected chi connectivity index (χ0v) is 20.0. The van der Waals surface area contributed by atoms with Crippen molar-refractivity contribution in [2.45, 2.75) is 38.1 Å². The lowest BCUT2D eigenvalue weighted by Crippen LogP contribution is -2.49. The number of halogens is 1. The Morgan fingerprint density at radius 3 is 2.44 bits per heavy atom. The fourth-order valence-electron chi connectivity index (χ4n) is 4.84. The predicted molar refractivity (Wildman–Crippen MR) is 131 cm³/mol. The second-order valence-electron chi connectivity index (χ2n) is 9.38. The number of carbonyl (C=O) groups excluding carboxylic acids is 2. The first-order chi connectivity index (χ1) is 16.5. The van der Waals surface area contributed by atoms with Gasteiger partial charge in [-0.1, -0.05) is 42.5 Å². The van der Waals surface area contributed by atoms with Gasteiger partial charge in [0.25, 0.3) is 5.91 Å². The molecule has 4 rings (SSSR count). The van der Waals surface area contributed by atoms with E-state index in [1.54, 1.807) is 24.1 Å². The largest absolute Gasteiger partial charge is 0.497 e. The van der Waals surface area contributed by atoms with E-state index in [-0.39, 0.29) is 23.8 Å². The number of hydrogen-bond acceptors (Lipinski definition) is 3. The van der Waals surface area contributed by atoms with Crippen molar-refractivity contribution in [1.29, 1.82) is 0 Å². The molecule has 1 aliphatic carbocycles. The van der Waals surface area contributed by atoms with Crippen LogP contribution in [0, 0.1) is 11.8 Å². The van der Waals surface area contributed by atoms with Gasteiger partial charge < -0.3 is 14.5 Å².